The fourth-order valence-electron chi connectivity index (χ4n) is 3.08. The van der Waals surface area contributed by atoms with Crippen LogP contribution in [0.3, 0.4) is 0 Å². The van der Waals surface area contributed by atoms with Gasteiger partial charge in [-0.05, 0) is 36.1 Å². The van der Waals surface area contributed by atoms with E-state index in [-0.39, 0.29) is 11.9 Å². The van der Waals surface area contributed by atoms with Gasteiger partial charge >= 0.3 is 0 Å². The van der Waals surface area contributed by atoms with Crippen molar-refractivity contribution < 1.29 is 9.50 Å². The molecule has 25 heavy (non-hydrogen) atoms. The molecule has 3 rings (SSSR count). The second-order valence-electron chi connectivity index (χ2n) is 6.45. The number of aliphatic hydroxyl groups excluding tert-OH is 1. The number of benzene rings is 2. The third kappa shape index (κ3) is 5.15. The maximum absolute atomic E-state index is 14.4. The lowest BCUT2D eigenvalue weighted by Gasteiger charge is -2.31. The van der Waals surface area contributed by atoms with Gasteiger partial charge in [0.2, 0.25) is 0 Å². The van der Waals surface area contributed by atoms with Gasteiger partial charge in [0.15, 0.2) is 0 Å². The van der Waals surface area contributed by atoms with E-state index in [2.05, 4.69) is 29.6 Å². The van der Waals surface area contributed by atoms with E-state index in [1.165, 1.54) is 5.56 Å². The van der Waals surface area contributed by atoms with Gasteiger partial charge in [0.25, 0.3) is 0 Å². The topological polar surface area (TPSA) is 35.5 Å². The lowest BCUT2D eigenvalue weighted by atomic mass is 10.1. The third-order valence-electron chi connectivity index (χ3n) is 4.52. The normalized spacial score (nSPS) is 15.8. The minimum Gasteiger partial charge on any atom is -0.393 e. The molecule has 0 saturated carbocycles. The Bertz CT molecular complexity index is 694. The van der Waals surface area contributed by atoms with Gasteiger partial charge in [-0.15, -0.1) is 0 Å². The number of nitrogens with one attached hydrogen (secondary N) is 1. The fourth-order valence-corrected chi connectivity index (χ4v) is 3.08. The van der Waals surface area contributed by atoms with Gasteiger partial charge in [0, 0.05) is 26.2 Å². The van der Waals surface area contributed by atoms with E-state index >= 15 is 0 Å². The largest absolute Gasteiger partial charge is 0.393 e. The molecule has 3 nitrogen and oxygen atoms in total. The number of anilines is 1. The predicted molar refractivity (Wildman–Crippen MR) is 101 cm³/mol. The summed E-state index contributed by atoms with van der Waals surface area (Å²) < 4.78 is 14.4. The zero-order valence-electron chi connectivity index (χ0n) is 14.4. The van der Waals surface area contributed by atoms with E-state index in [4.69, 9.17) is 0 Å². The molecule has 2 aromatic carbocycles. The van der Waals surface area contributed by atoms with E-state index in [1.807, 2.05) is 35.2 Å². The zero-order chi connectivity index (χ0) is 17.5. The molecule has 1 saturated heterocycles. The van der Waals surface area contributed by atoms with Crippen molar-refractivity contribution in [2.24, 2.45) is 0 Å². The first-order chi connectivity index (χ1) is 12.2. The molecule has 0 bridgehead atoms. The van der Waals surface area contributed by atoms with Gasteiger partial charge in [0.05, 0.1) is 11.8 Å². The van der Waals surface area contributed by atoms with Crippen molar-refractivity contribution in [1.82, 2.24) is 5.32 Å². The highest BCUT2D eigenvalue weighted by atomic mass is 19.1. The summed E-state index contributed by atoms with van der Waals surface area (Å²) in [7, 11) is 0. The summed E-state index contributed by atoms with van der Waals surface area (Å²) in [5.74, 6) is -0.185. The van der Waals surface area contributed by atoms with Gasteiger partial charge in [0.1, 0.15) is 5.82 Å². The molecule has 1 aliphatic heterocycles. The van der Waals surface area contributed by atoms with Crippen LogP contribution >= 0.6 is 0 Å². The molecule has 0 spiro atoms. The third-order valence-corrected chi connectivity index (χ3v) is 4.52. The lowest BCUT2D eigenvalue weighted by Crippen LogP contribution is -2.36. The summed E-state index contributed by atoms with van der Waals surface area (Å²) in [4.78, 5) is 2.02. The van der Waals surface area contributed by atoms with Gasteiger partial charge < -0.3 is 15.3 Å². The van der Waals surface area contributed by atoms with Crippen molar-refractivity contribution in [1.29, 1.82) is 0 Å². The second kappa shape index (κ2) is 8.79. The van der Waals surface area contributed by atoms with Crippen LogP contribution < -0.4 is 10.2 Å². The van der Waals surface area contributed by atoms with Crippen molar-refractivity contribution in [2.45, 2.75) is 25.5 Å². The molecule has 1 heterocycles. The maximum Gasteiger partial charge on any atom is 0.146 e. The summed E-state index contributed by atoms with van der Waals surface area (Å²) in [5.41, 5.74) is 2.75. The lowest BCUT2D eigenvalue weighted by molar-refractivity contribution is 0.145. The van der Waals surface area contributed by atoms with Gasteiger partial charge in [-0.25, -0.2) is 4.39 Å². The van der Waals surface area contributed by atoms with Crippen LogP contribution in [0.5, 0.6) is 0 Å². The first-order valence-electron chi connectivity index (χ1n) is 8.86. The monoisotopic (exact) mass is 340 g/mol. The number of hydrogen-bond acceptors (Lipinski definition) is 3. The van der Waals surface area contributed by atoms with Crippen molar-refractivity contribution in [2.75, 3.05) is 24.5 Å². The summed E-state index contributed by atoms with van der Waals surface area (Å²) in [6, 6.07) is 15.6. The van der Waals surface area contributed by atoms with E-state index in [9.17, 15) is 9.50 Å². The van der Waals surface area contributed by atoms with Crippen LogP contribution in [-0.2, 0) is 6.54 Å². The Kier molecular flexibility index (Phi) is 6.20. The van der Waals surface area contributed by atoms with Crippen LogP contribution in [0.25, 0.3) is 6.08 Å². The van der Waals surface area contributed by atoms with Crippen molar-refractivity contribution in [3.8, 4) is 0 Å². The standard InChI is InChI=1S/C21H25FN2O/c22-20-15-18(8-9-21(20)24-13-10-19(25)11-14-24)16-23-12-4-7-17-5-2-1-3-6-17/h1-9,15,19,23,25H,10-14,16H2. The van der Waals surface area contributed by atoms with Crippen LogP contribution in [0.2, 0.25) is 0 Å². The number of nitrogens with zero attached hydrogens (tertiary/aromatic N) is 1. The number of aliphatic hydroxyl groups is 1. The molecule has 4 heteroatoms. The Labute approximate surface area is 148 Å². The molecule has 0 unspecified atom stereocenters. The number of piperidine rings is 1. The molecule has 0 amide bonds. The van der Waals surface area contributed by atoms with Gasteiger partial charge in [-0.1, -0.05) is 48.6 Å². The Morgan fingerprint density at radius 3 is 2.60 bits per heavy atom. The molecule has 1 aliphatic rings. The quantitative estimate of drug-likeness (QED) is 0.789. The summed E-state index contributed by atoms with van der Waals surface area (Å²) in [6.45, 7) is 2.79. The van der Waals surface area contributed by atoms with Crippen molar-refractivity contribution in [3.63, 3.8) is 0 Å². The van der Waals surface area contributed by atoms with E-state index in [0.717, 1.165) is 12.1 Å². The Balaban J connectivity index is 1.48. The average Bonchev–Trinajstić information content (AvgIpc) is 2.63. The summed E-state index contributed by atoms with van der Waals surface area (Å²) in [6.07, 6.45) is 5.31. The molecule has 2 N–H and O–H groups in total. The Morgan fingerprint density at radius 1 is 1.12 bits per heavy atom. The van der Waals surface area contributed by atoms with Crippen molar-refractivity contribution in [3.05, 3.63) is 71.6 Å². The number of halogens is 1. The smallest absolute Gasteiger partial charge is 0.146 e. The summed E-state index contributed by atoms with van der Waals surface area (Å²) >= 11 is 0. The maximum atomic E-state index is 14.4. The first-order valence-corrected chi connectivity index (χ1v) is 8.86. The molecule has 0 aliphatic carbocycles. The highest BCUT2D eigenvalue weighted by Crippen LogP contribution is 2.24. The Hall–Kier alpha value is -2.17. The SMILES string of the molecule is OC1CCN(c2ccc(CNCC=Cc3ccccc3)cc2F)CC1. The predicted octanol–water partition coefficient (Wildman–Crippen LogP) is 3.59. The van der Waals surface area contributed by atoms with E-state index < -0.39 is 0 Å². The van der Waals surface area contributed by atoms with Crippen LogP contribution in [0.15, 0.2) is 54.6 Å². The molecular formula is C21H25FN2O. The molecule has 0 aromatic heterocycles. The highest BCUT2D eigenvalue weighted by molar-refractivity contribution is 5.50. The second-order valence-corrected chi connectivity index (χ2v) is 6.45. The minimum absolute atomic E-state index is 0.185. The Morgan fingerprint density at radius 2 is 1.88 bits per heavy atom. The van der Waals surface area contributed by atoms with Gasteiger partial charge in [-0.3, -0.25) is 0 Å². The number of hydrogen-bond donors (Lipinski definition) is 2. The molecule has 132 valence electrons. The highest BCUT2D eigenvalue weighted by Gasteiger charge is 2.19. The molecule has 1 fully saturated rings. The fraction of sp³-hybridized carbons (Fsp3) is 0.333. The number of rotatable bonds is 6. The molecular weight excluding hydrogens is 315 g/mol. The van der Waals surface area contributed by atoms with Crippen molar-refractivity contribution >= 4 is 11.8 Å². The molecule has 0 atom stereocenters. The van der Waals surface area contributed by atoms with E-state index in [0.29, 0.717) is 38.2 Å². The molecule has 0 radical (unpaired) electrons. The first kappa shape index (κ1) is 17.6. The van der Waals surface area contributed by atoms with Crippen LogP contribution in [0, 0.1) is 5.82 Å². The summed E-state index contributed by atoms with van der Waals surface area (Å²) in [5, 5.41) is 12.9. The molecule has 2 aromatic rings. The van der Waals surface area contributed by atoms with Crippen LogP contribution in [-0.4, -0.2) is 30.8 Å². The zero-order valence-corrected chi connectivity index (χ0v) is 14.4. The minimum atomic E-state index is -0.244. The van der Waals surface area contributed by atoms with E-state index in [1.54, 1.807) is 6.07 Å². The van der Waals surface area contributed by atoms with Crippen LogP contribution in [0.1, 0.15) is 24.0 Å². The van der Waals surface area contributed by atoms with Crippen LogP contribution in [0.4, 0.5) is 10.1 Å². The average molecular weight is 340 g/mol. The van der Waals surface area contributed by atoms with Gasteiger partial charge in [-0.2, -0.15) is 0 Å².